The SMILES string of the molecule is C[C@@H]1COCCN1c1cc(C2([S-](=N)=O)CC2)nc(-c2ccnc3[nH]ccc23)n1. The summed E-state index contributed by atoms with van der Waals surface area (Å²) in [6, 6.07) is 5.96. The number of fused-ring (bicyclic) bond motifs is 1. The summed E-state index contributed by atoms with van der Waals surface area (Å²) in [5.74, 6) is 1.38. The van der Waals surface area contributed by atoms with Crippen molar-refractivity contribution in [1.29, 1.82) is 4.78 Å². The van der Waals surface area contributed by atoms with Crippen LogP contribution in [0.1, 0.15) is 25.5 Å². The number of nitrogens with zero attached hydrogens (tertiary/aromatic N) is 4. The largest absolute Gasteiger partial charge is 0.444 e. The normalized spacial score (nSPS) is 21.4. The van der Waals surface area contributed by atoms with Crippen molar-refractivity contribution in [2.24, 2.45) is 0 Å². The molecule has 1 aliphatic carbocycles. The molecule has 0 bridgehead atoms. The molecule has 0 spiro atoms. The third-order valence-corrected chi connectivity index (χ3v) is 6.93. The second-order valence-electron chi connectivity index (χ2n) is 7.41. The molecule has 1 aliphatic heterocycles. The number of morpholine rings is 1. The molecule has 5 rings (SSSR count). The van der Waals surface area contributed by atoms with Gasteiger partial charge in [-0.3, -0.25) is 0 Å². The van der Waals surface area contributed by atoms with E-state index < -0.39 is 15.3 Å². The second kappa shape index (κ2) is 6.52. The summed E-state index contributed by atoms with van der Waals surface area (Å²) in [6.07, 6.45) is 5.01. The molecule has 0 aromatic carbocycles. The lowest BCUT2D eigenvalue weighted by Gasteiger charge is -2.35. The molecule has 0 amide bonds. The zero-order valence-electron chi connectivity index (χ0n) is 15.5. The van der Waals surface area contributed by atoms with Crippen LogP contribution in [-0.4, -0.2) is 45.7 Å². The van der Waals surface area contributed by atoms with E-state index in [1.54, 1.807) is 6.20 Å². The second-order valence-corrected chi connectivity index (χ2v) is 8.73. The van der Waals surface area contributed by atoms with Crippen LogP contribution in [-0.2, 0) is 24.3 Å². The van der Waals surface area contributed by atoms with Gasteiger partial charge in [0.2, 0.25) is 0 Å². The number of aromatic nitrogens is 4. The first kappa shape index (κ1) is 17.6. The topological polar surface area (TPSA) is 108 Å². The summed E-state index contributed by atoms with van der Waals surface area (Å²) >= 11 is 0. The number of hydrogen-bond acceptors (Lipinski definition) is 8. The molecular formula is C19H21N6O2S-. The standard InChI is InChI=1S/C19H21N6O2S/c1-12-11-27-9-8-25(12)16-10-15(19(4-5-19)28(20)26)23-18(24-16)14-3-7-22-17-13(14)2-6-21-17/h2-3,6-7,10,12,20H,4-5,8-9,11H2,1H3,(H,21,22)/q-1/t12-/m1/s1. The fourth-order valence-electron chi connectivity index (χ4n) is 3.81. The minimum absolute atomic E-state index is 0.186. The Labute approximate surface area is 164 Å². The molecule has 2 N–H and O–H groups in total. The zero-order valence-corrected chi connectivity index (χ0v) is 16.3. The third kappa shape index (κ3) is 2.77. The number of aromatic amines is 1. The average Bonchev–Trinajstić information content (AvgIpc) is 3.39. The minimum Gasteiger partial charge on any atom is -0.444 e. The summed E-state index contributed by atoms with van der Waals surface area (Å²) < 4.78 is 24.9. The number of anilines is 1. The van der Waals surface area contributed by atoms with E-state index in [-0.39, 0.29) is 6.04 Å². The van der Waals surface area contributed by atoms with Crippen molar-refractivity contribution in [2.45, 2.75) is 30.6 Å². The summed E-state index contributed by atoms with van der Waals surface area (Å²) in [5.41, 5.74) is 2.35. The van der Waals surface area contributed by atoms with Crippen LogP contribution < -0.4 is 4.90 Å². The number of H-pyrrole nitrogens is 1. The van der Waals surface area contributed by atoms with Crippen molar-refractivity contribution >= 4 is 27.4 Å². The first-order valence-electron chi connectivity index (χ1n) is 9.38. The average molecular weight is 397 g/mol. The van der Waals surface area contributed by atoms with Crippen molar-refractivity contribution in [3.63, 3.8) is 0 Å². The van der Waals surface area contributed by atoms with E-state index in [9.17, 15) is 4.21 Å². The molecule has 0 radical (unpaired) electrons. The molecule has 3 aromatic rings. The quantitative estimate of drug-likeness (QED) is 0.655. The van der Waals surface area contributed by atoms with Gasteiger partial charge in [0.25, 0.3) is 0 Å². The van der Waals surface area contributed by atoms with Crippen LogP contribution in [0.4, 0.5) is 5.82 Å². The molecule has 2 aliphatic rings. The Bertz CT molecular complexity index is 1110. The first-order chi connectivity index (χ1) is 13.6. The van der Waals surface area contributed by atoms with Gasteiger partial charge in [-0.15, -0.1) is 0 Å². The van der Waals surface area contributed by atoms with Gasteiger partial charge in [-0.05, 0) is 23.8 Å². The first-order valence-corrected chi connectivity index (χ1v) is 10.5. The van der Waals surface area contributed by atoms with Gasteiger partial charge in [0.05, 0.1) is 19.3 Å². The lowest BCUT2D eigenvalue weighted by atomic mass is 10.1. The van der Waals surface area contributed by atoms with E-state index in [4.69, 9.17) is 19.5 Å². The van der Waals surface area contributed by atoms with Crippen LogP contribution >= 0.6 is 0 Å². The van der Waals surface area contributed by atoms with Gasteiger partial charge in [-0.2, -0.15) is 10.6 Å². The predicted molar refractivity (Wildman–Crippen MR) is 106 cm³/mol. The molecular weight excluding hydrogens is 376 g/mol. The Morgan fingerprint density at radius 3 is 2.96 bits per heavy atom. The minimum atomic E-state index is -1.72. The smallest absolute Gasteiger partial charge is 0.162 e. The monoisotopic (exact) mass is 397 g/mol. The molecule has 1 saturated carbocycles. The van der Waals surface area contributed by atoms with Gasteiger partial charge in [-0.25, -0.2) is 15.0 Å². The molecule has 0 unspecified atom stereocenters. The van der Waals surface area contributed by atoms with Crippen molar-refractivity contribution in [1.82, 2.24) is 19.9 Å². The van der Waals surface area contributed by atoms with Gasteiger partial charge >= 0.3 is 0 Å². The molecule has 9 heteroatoms. The van der Waals surface area contributed by atoms with Gasteiger partial charge in [-0.1, -0.05) is 12.8 Å². The maximum absolute atomic E-state index is 12.2. The van der Waals surface area contributed by atoms with Crippen LogP contribution in [0, 0.1) is 4.78 Å². The summed E-state index contributed by atoms with van der Waals surface area (Å²) in [7, 11) is -1.72. The van der Waals surface area contributed by atoms with Gasteiger partial charge in [0.1, 0.15) is 11.5 Å². The highest BCUT2D eigenvalue weighted by Crippen LogP contribution is 2.49. The van der Waals surface area contributed by atoms with Crippen LogP contribution in [0.2, 0.25) is 0 Å². The number of rotatable bonds is 4. The van der Waals surface area contributed by atoms with E-state index in [0.717, 1.165) is 29.0 Å². The Balaban J connectivity index is 1.70. The number of ether oxygens (including phenoxy) is 1. The fourth-order valence-corrected chi connectivity index (χ4v) is 4.58. The van der Waals surface area contributed by atoms with E-state index in [0.29, 0.717) is 37.6 Å². The maximum Gasteiger partial charge on any atom is 0.162 e. The third-order valence-electron chi connectivity index (χ3n) is 5.60. The van der Waals surface area contributed by atoms with Crippen molar-refractivity contribution in [3.8, 4) is 11.4 Å². The summed E-state index contributed by atoms with van der Waals surface area (Å²) in [6.45, 7) is 4.13. The lowest BCUT2D eigenvalue weighted by molar-refractivity contribution is 0.0985. The highest BCUT2D eigenvalue weighted by Gasteiger charge is 2.41. The van der Waals surface area contributed by atoms with E-state index in [2.05, 4.69) is 21.8 Å². The molecule has 8 nitrogen and oxygen atoms in total. The van der Waals surface area contributed by atoms with E-state index >= 15 is 0 Å². The molecule has 4 heterocycles. The summed E-state index contributed by atoms with van der Waals surface area (Å²) in [4.78, 5) is 19.3. The van der Waals surface area contributed by atoms with Crippen LogP contribution in [0.3, 0.4) is 0 Å². The van der Waals surface area contributed by atoms with E-state index in [1.165, 1.54) is 0 Å². The predicted octanol–water partition coefficient (Wildman–Crippen LogP) is 2.96. The van der Waals surface area contributed by atoms with E-state index in [1.807, 2.05) is 24.4 Å². The highest BCUT2D eigenvalue weighted by molar-refractivity contribution is 7.74. The maximum atomic E-state index is 12.2. The van der Waals surface area contributed by atoms with Gasteiger partial charge in [0.15, 0.2) is 5.82 Å². The Hall–Kier alpha value is -2.52. The number of nitrogens with one attached hydrogen (secondary N) is 2. The molecule has 1 atom stereocenters. The van der Waals surface area contributed by atoms with Gasteiger partial charge < -0.3 is 23.6 Å². The molecule has 2 fully saturated rings. The summed E-state index contributed by atoms with van der Waals surface area (Å²) in [5, 5.41) is 0.942. The van der Waals surface area contributed by atoms with Crippen molar-refractivity contribution in [3.05, 3.63) is 36.3 Å². The number of pyridine rings is 1. The van der Waals surface area contributed by atoms with Crippen LogP contribution in [0.25, 0.3) is 22.4 Å². The molecule has 146 valence electrons. The van der Waals surface area contributed by atoms with Gasteiger partial charge in [0, 0.05) is 41.6 Å². The zero-order chi connectivity index (χ0) is 19.3. The number of hydrogen-bond donors (Lipinski definition) is 2. The molecule has 1 saturated heterocycles. The Morgan fingerprint density at radius 1 is 1.36 bits per heavy atom. The lowest BCUT2D eigenvalue weighted by Crippen LogP contribution is -2.44. The van der Waals surface area contributed by atoms with Crippen molar-refractivity contribution in [2.75, 3.05) is 24.7 Å². The fraction of sp³-hybridized carbons (Fsp3) is 0.421. The Morgan fingerprint density at radius 2 is 2.21 bits per heavy atom. The van der Waals surface area contributed by atoms with Crippen LogP contribution in [0.15, 0.2) is 30.6 Å². The highest BCUT2D eigenvalue weighted by atomic mass is 32.2. The molecule has 3 aromatic heterocycles. The molecule has 28 heavy (non-hydrogen) atoms. The van der Waals surface area contributed by atoms with Crippen LogP contribution in [0.5, 0.6) is 0 Å². The Kier molecular flexibility index (Phi) is 4.09. The van der Waals surface area contributed by atoms with Crippen molar-refractivity contribution < 1.29 is 8.95 Å².